The molecule has 5 nitrogen and oxygen atoms in total. The van der Waals surface area contributed by atoms with Crippen LogP contribution in [0.2, 0.25) is 5.02 Å². The fraction of sp³-hybridized carbons (Fsp3) is 0.0714. The fourth-order valence-corrected chi connectivity index (χ4v) is 2.32. The van der Waals surface area contributed by atoms with Crippen LogP contribution in [0.5, 0.6) is 5.75 Å². The Morgan fingerprint density at radius 1 is 1.29 bits per heavy atom. The summed E-state index contributed by atoms with van der Waals surface area (Å²) in [6.07, 6.45) is 0.659. The molecule has 0 fully saturated rings. The van der Waals surface area contributed by atoms with E-state index >= 15 is 0 Å². The number of nitro benzene ring substituents is 1. The minimum absolute atomic E-state index is 0.0562. The first-order chi connectivity index (χ1) is 10.0. The summed E-state index contributed by atoms with van der Waals surface area (Å²) in [4.78, 5) is 21.4. The third-order valence-corrected chi connectivity index (χ3v) is 3.45. The fourth-order valence-electron chi connectivity index (χ4n) is 1.75. The van der Waals surface area contributed by atoms with Gasteiger partial charge in [0.05, 0.1) is 16.1 Å². The molecule has 108 valence electrons. The average Bonchev–Trinajstić information content (AvgIpc) is 2.45. The Morgan fingerprint density at radius 2 is 2.05 bits per heavy atom. The summed E-state index contributed by atoms with van der Waals surface area (Å²) in [7, 11) is 0. The Morgan fingerprint density at radius 3 is 2.71 bits per heavy atom. The molecule has 0 unspecified atom stereocenters. The molecule has 21 heavy (non-hydrogen) atoms. The predicted octanol–water partition coefficient (Wildman–Crippen LogP) is 4.40. The molecule has 0 aliphatic rings. The second-order valence-electron chi connectivity index (χ2n) is 4.12. The van der Waals surface area contributed by atoms with Gasteiger partial charge in [-0.05, 0) is 30.3 Å². The van der Waals surface area contributed by atoms with E-state index in [2.05, 4.69) is 15.9 Å². The molecule has 0 heterocycles. The van der Waals surface area contributed by atoms with Gasteiger partial charge in [-0.3, -0.25) is 14.9 Å². The highest BCUT2D eigenvalue weighted by Gasteiger charge is 2.15. The van der Waals surface area contributed by atoms with E-state index in [9.17, 15) is 14.9 Å². The molecule has 7 heteroatoms. The molecule has 0 amide bonds. The zero-order valence-electron chi connectivity index (χ0n) is 10.6. The number of carbonyl (C=O) groups is 1. The number of hydrogen-bond donors (Lipinski definition) is 0. The molecular weight excluding hydrogens is 362 g/mol. The maximum absolute atomic E-state index is 11.0. The van der Waals surface area contributed by atoms with E-state index in [1.807, 2.05) is 0 Å². The van der Waals surface area contributed by atoms with Crippen LogP contribution in [-0.4, -0.2) is 11.2 Å². The number of nitro groups is 1. The number of aldehydes is 1. The standard InChI is InChI=1S/C14H9BrClNO4/c15-11-1-4-14(9(5-11)7-18)21-8-10-6-12(16)2-3-13(10)17(19)20/h1-7H,8H2. The van der Waals surface area contributed by atoms with Gasteiger partial charge in [-0.25, -0.2) is 0 Å². The van der Waals surface area contributed by atoms with Gasteiger partial charge >= 0.3 is 0 Å². The van der Waals surface area contributed by atoms with Crippen molar-refractivity contribution in [2.75, 3.05) is 0 Å². The van der Waals surface area contributed by atoms with Gasteiger partial charge in [-0.2, -0.15) is 0 Å². The molecule has 0 saturated heterocycles. The van der Waals surface area contributed by atoms with Crippen molar-refractivity contribution in [1.29, 1.82) is 0 Å². The van der Waals surface area contributed by atoms with E-state index < -0.39 is 4.92 Å². The molecule has 0 N–H and O–H groups in total. The Bertz CT molecular complexity index is 705. The van der Waals surface area contributed by atoms with Crippen LogP contribution in [0.3, 0.4) is 0 Å². The lowest BCUT2D eigenvalue weighted by Crippen LogP contribution is -2.02. The molecule has 0 aliphatic carbocycles. The third-order valence-electron chi connectivity index (χ3n) is 2.72. The molecule has 2 aromatic rings. The molecular formula is C14H9BrClNO4. The Hall–Kier alpha value is -1.92. The van der Waals surface area contributed by atoms with Crippen molar-refractivity contribution < 1.29 is 14.5 Å². The average molecular weight is 371 g/mol. The number of carbonyl (C=O) groups excluding carboxylic acids is 1. The number of rotatable bonds is 5. The van der Waals surface area contributed by atoms with Crippen molar-refractivity contribution in [3.63, 3.8) is 0 Å². The summed E-state index contributed by atoms with van der Waals surface area (Å²) < 4.78 is 6.24. The number of nitrogens with zero attached hydrogens (tertiary/aromatic N) is 1. The van der Waals surface area contributed by atoms with Crippen LogP contribution < -0.4 is 4.74 Å². The summed E-state index contributed by atoms with van der Waals surface area (Å²) in [6, 6.07) is 9.18. The lowest BCUT2D eigenvalue weighted by molar-refractivity contribution is -0.385. The first kappa shape index (κ1) is 15.5. The largest absolute Gasteiger partial charge is 0.488 e. The van der Waals surface area contributed by atoms with Gasteiger partial charge < -0.3 is 4.74 Å². The van der Waals surface area contributed by atoms with E-state index in [0.717, 1.165) is 4.47 Å². The first-order valence-corrected chi connectivity index (χ1v) is 6.98. The lowest BCUT2D eigenvalue weighted by atomic mass is 10.2. The Kier molecular flexibility index (Phi) is 4.93. The smallest absolute Gasteiger partial charge is 0.276 e. The van der Waals surface area contributed by atoms with Crippen LogP contribution in [0, 0.1) is 10.1 Å². The monoisotopic (exact) mass is 369 g/mol. The SMILES string of the molecule is O=Cc1cc(Br)ccc1OCc1cc(Cl)ccc1[N+](=O)[O-]. The van der Waals surface area contributed by atoms with Gasteiger partial charge in [0.2, 0.25) is 0 Å². The second kappa shape index (κ2) is 6.69. The summed E-state index contributed by atoms with van der Waals surface area (Å²) in [5.74, 6) is 0.350. The highest BCUT2D eigenvalue weighted by Crippen LogP contribution is 2.26. The van der Waals surface area contributed by atoms with Crippen molar-refractivity contribution in [1.82, 2.24) is 0 Å². The third kappa shape index (κ3) is 3.80. The molecule has 0 aliphatic heterocycles. The maximum Gasteiger partial charge on any atom is 0.276 e. The summed E-state index contributed by atoms with van der Waals surface area (Å²) >= 11 is 9.09. The van der Waals surface area contributed by atoms with Gasteiger partial charge in [0, 0.05) is 15.6 Å². The molecule has 2 rings (SSSR count). The van der Waals surface area contributed by atoms with Gasteiger partial charge in [0.15, 0.2) is 6.29 Å². The first-order valence-electron chi connectivity index (χ1n) is 5.81. The molecule has 0 bridgehead atoms. The zero-order chi connectivity index (χ0) is 15.4. The minimum atomic E-state index is -0.503. The molecule has 0 atom stereocenters. The Balaban J connectivity index is 2.26. The van der Waals surface area contributed by atoms with Crippen molar-refractivity contribution in [3.8, 4) is 5.75 Å². The van der Waals surface area contributed by atoms with Crippen LogP contribution in [0.4, 0.5) is 5.69 Å². The van der Waals surface area contributed by atoms with E-state index in [0.29, 0.717) is 28.2 Å². The minimum Gasteiger partial charge on any atom is -0.488 e. The highest BCUT2D eigenvalue weighted by atomic mass is 79.9. The lowest BCUT2D eigenvalue weighted by Gasteiger charge is -2.09. The van der Waals surface area contributed by atoms with Crippen LogP contribution in [0.25, 0.3) is 0 Å². The molecule has 0 saturated carbocycles. The number of hydrogen-bond acceptors (Lipinski definition) is 4. The van der Waals surface area contributed by atoms with E-state index in [1.165, 1.54) is 18.2 Å². The normalized spacial score (nSPS) is 10.2. The molecule has 0 radical (unpaired) electrons. The molecule has 0 aromatic heterocycles. The number of ether oxygens (including phenoxy) is 1. The van der Waals surface area contributed by atoms with E-state index in [-0.39, 0.29) is 12.3 Å². The van der Waals surface area contributed by atoms with Crippen LogP contribution in [0.1, 0.15) is 15.9 Å². The van der Waals surface area contributed by atoms with Crippen molar-refractivity contribution >= 4 is 39.5 Å². The van der Waals surface area contributed by atoms with Crippen molar-refractivity contribution in [2.45, 2.75) is 6.61 Å². The quantitative estimate of drug-likeness (QED) is 0.444. The summed E-state index contributed by atoms with van der Waals surface area (Å²) in [5, 5.41) is 11.3. The van der Waals surface area contributed by atoms with E-state index in [4.69, 9.17) is 16.3 Å². The number of benzene rings is 2. The second-order valence-corrected chi connectivity index (χ2v) is 5.47. The van der Waals surface area contributed by atoms with Crippen molar-refractivity contribution in [2.24, 2.45) is 0 Å². The summed E-state index contributed by atoms with van der Waals surface area (Å²) in [6.45, 7) is -0.0562. The van der Waals surface area contributed by atoms with Gasteiger partial charge in [-0.15, -0.1) is 0 Å². The zero-order valence-corrected chi connectivity index (χ0v) is 12.9. The molecule has 0 spiro atoms. The van der Waals surface area contributed by atoms with Gasteiger partial charge in [0.25, 0.3) is 5.69 Å². The highest BCUT2D eigenvalue weighted by molar-refractivity contribution is 9.10. The van der Waals surface area contributed by atoms with Crippen LogP contribution >= 0.6 is 27.5 Å². The van der Waals surface area contributed by atoms with Gasteiger partial charge in [0.1, 0.15) is 12.4 Å². The van der Waals surface area contributed by atoms with Crippen LogP contribution in [0.15, 0.2) is 40.9 Å². The maximum atomic E-state index is 11.0. The summed E-state index contributed by atoms with van der Waals surface area (Å²) in [5.41, 5.74) is 0.616. The van der Waals surface area contributed by atoms with Crippen LogP contribution in [-0.2, 0) is 6.61 Å². The van der Waals surface area contributed by atoms with Gasteiger partial charge in [-0.1, -0.05) is 27.5 Å². The van der Waals surface area contributed by atoms with Crippen molar-refractivity contribution in [3.05, 3.63) is 67.1 Å². The topological polar surface area (TPSA) is 69.4 Å². The predicted molar refractivity (Wildman–Crippen MR) is 82.0 cm³/mol. The van der Waals surface area contributed by atoms with E-state index in [1.54, 1.807) is 18.2 Å². The number of halogens is 2. The molecule has 2 aromatic carbocycles. The Labute approximate surface area is 133 Å².